The molecule has 1 nitrogen and oxygen atoms in total. The van der Waals surface area contributed by atoms with Gasteiger partial charge in [0, 0.05) is 0 Å². The van der Waals surface area contributed by atoms with E-state index in [9.17, 15) is 0 Å². The molecule has 0 fully saturated rings. The summed E-state index contributed by atoms with van der Waals surface area (Å²) in [6, 6.07) is 13.9. The maximum atomic E-state index is 8.77. The highest BCUT2D eigenvalue weighted by atomic mass is 16.2. The van der Waals surface area contributed by atoms with Crippen LogP contribution in [0.5, 0.6) is 0 Å². The van der Waals surface area contributed by atoms with Gasteiger partial charge in [-0.2, -0.15) is 0 Å². The standard InChI is InChI=1S/C10H8BO.C2H6/c12-11-10-6-5-8-3-1-2-4-9(8)7-10;1-2/h1-7,12H;1-2H3. The lowest BCUT2D eigenvalue weighted by atomic mass is 9.87. The molecule has 0 saturated heterocycles. The monoisotopic (exact) mass is 185 g/mol. The van der Waals surface area contributed by atoms with Crippen molar-refractivity contribution in [2.75, 3.05) is 0 Å². The zero-order valence-corrected chi connectivity index (χ0v) is 8.57. The summed E-state index contributed by atoms with van der Waals surface area (Å²) in [7, 11) is 1.12. The Morgan fingerprint density at radius 3 is 2.21 bits per heavy atom. The van der Waals surface area contributed by atoms with Gasteiger partial charge in [-0.05, 0) is 10.8 Å². The predicted molar refractivity (Wildman–Crippen MR) is 62.9 cm³/mol. The zero-order valence-electron chi connectivity index (χ0n) is 8.57. The van der Waals surface area contributed by atoms with Gasteiger partial charge in [-0.3, -0.25) is 0 Å². The fourth-order valence-electron chi connectivity index (χ4n) is 1.29. The highest BCUT2D eigenvalue weighted by Crippen LogP contribution is 2.10. The SMILES string of the molecule is CC.O[B]c1ccc2ccccc2c1. The van der Waals surface area contributed by atoms with E-state index in [1.807, 2.05) is 50.2 Å². The van der Waals surface area contributed by atoms with Gasteiger partial charge in [-0.1, -0.05) is 61.8 Å². The topological polar surface area (TPSA) is 20.2 Å². The molecule has 0 heterocycles. The van der Waals surface area contributed by atoms with Crippen LogP contribution >= 0.6 is 0 Å². The fraction of sp³-hybridized carbons (Fsp3) is 0.167. The predicted octanol–water partition coefficient (Wildman–Crippen LogP) is 2.10. The fourth-order valence-corrected chi connectivity index (χ4v) is 1.29. The summed E-state index contributed by atoms with van der Waals surface area (Å²) in [4.78, 5) is 0. The molecular weight excluding hydrogens is 171 g/mol. The second kappa shape index (κ2) is 5.45. The van der Waals surface area contributed by atoms with Crippen molar-refractivity contribution in [2.45, 2.75) is 13.8 Å². The molecule has 14 heavy (non-hydrogen) atoms. The first-order valence-electron chi connectivity index (χ1n) is 4.86. The van der Waals surface area contributed by atoms with Gasteiger partial charge in [0.1, 0.15) is 0 Å². The summed E-state index contributed by atoms with van der Waals surface area (Å²) < 4.78 is 0. The van der Waals surface area contributed by atoms with Crippen LogP contribution in [0, 0.1) is 0 Å². The van der Waals surface area contributed by atoms with Crippen molar-refractivity contribution in [2.24, 2.45) is 0 Å². The zero-order chi connectivity index (χ0) is 10.4. The highest BCUT2D eigenvalue weighted by Gasteiger charge is 1.94. The molecule has 0 saturated carbocycles. The van der Waals surface area contributed by atoms with E-state index in [0.717, 1.165) is 18.3 Å². The smallest absolute Gasteiger partial charge is 0.326 e. The molecule has 71 valence electrons. The molecule has 0 aliphatic rings. The van der Waals surface area contributed by atoms with Crippen molar-refractivity contribution in [1.29, 1.82) is 0 Å². The summed E-state index contributed by atoms with van der Waals surface area (Å²) in [6.07, 6.45) is 0. The lowest BCUT2D eigenvalue weighted by molar-refractivity contribution is 0.615. The molecule has 0 aromatic heterocycles. The average Bonchev–Trinajstić information content (AvgIpc) is 2.31. The highest BCUT2D eigenvalue weighted by molar-refractivity contribution is 6.46. The van der Waals surface area contributed by atoms with Crippen molar-refractivity contribution < 1.29 is 5.02 Å². The van der Waals surface area contributed by atoms with Crippen LogP contribution in [-0.4, -0.2) is 12.5 Å². The molecule has 1 N–H and O–H groups in total. The van der Waals surface area contributed by atoms with Crippen LogP contribution in [0.4, 0.5) is 0 Å². The van der Waals surface area contributed by atoms with Gasteiger partial charge in [0.15, 0.2) is 0 Å². The van der Waals surface area contributed by atoms with Crippen LogP contribution < -0.4 is 5.46 Å². The largest absolute Gasteiger partial charge is 0.450 e. The Labute approximate surface area is 85.7 Å². The van der Waals surface area contributed by atoms with Crippen molar-refractivity contribution in [1.82, 2.24) is 0 Å². The van der Waals surface area contributed by atoms with E-state index >= 15 is 0 Å². The van der Waals surface area contributed by atoms with Crippen molar-refractivity contribution in [3.63, 3.8) is 0 Å². The number of hydrogen-bond donors (Lipinski definition) is 1. The summed E-state index contributed by atoms with van der Waals surface area (Å²) in [6.45, 7) is 4.00. The van der Waals surface area contributed by atoms with Crippen LogP contribution in [0.25, 0.3) is 10.8 Å². The minimum Gasteiger partial charge on any atom is -0.450 e. The third-order valence-corrected chi connectivity index (χ3v) is 1.92. The summed E-state index contributed by atoms with van der Waals surface area (Å²) in [5, 5.41) is 11.1. The van der Waals surface area contributed by atoms with E-state index in [0.29, 0.717) is 0 Å². The van der Waals surface area contributed by atoms with Crippen LogP contribution in [-0.2, 0) is 0 Å². The first-order chi connectivity index (χ1) is 6.90. The van der Waals surface area contributed by atoms with E-state index in [1.165, 1.54) is 5.39 Å². The van der Waals surface area contributed by atoms with E-state index in [-0.39, 0.29) is 0 Å². The van der Waals surface area contributed by atoms with Crippen LogP contribution in [0.15, 0.2) is 42.5 Å². The van der Waals surface area contributed by atoms with Crippen molar-refractivity contribution in [3.05, 3.63) is 42.5 Å². The Bertz CT molecular complexity index is 398. The third-order valence-electron chi connectivity index (χ3n) is 1.92. The molecule has 0 unspecified atom stereocenters. The number of benzene rings is 2. The van der Waals surface area contributed by atoms with Gasteiger partial charge in [0.2, 0.25) is 0 Å². The maximum Gasteiger partial charge on any atom is 0.326 e. The van der Waals surface area contributed by atoms with Gasteiger partial charge < -0.3 is 5.02 Å². The van der Waals surface area contributed by atoms with Crippen LogP contribution in [0.2, 0.25) is 0 Å². The lowest BCUT2D eigenvalue weighted by Crippen LogP contribution is -2.11. The first-order valence-corrected chi connectivity index (χ1v) is 4.86. The molecule has 0 aliphatic heterocycles. The molecule has 2 heteroatoms. The second-order valence-corrected chi connectivity index (χ2v) is 2.74. The van der Waals surface area contributed by atoms with Crippen LogP contribution in [0.3, 0.4) is 0 Å². The Kier molecular flexibility index (Phi) is 4.21. The Balaban J connectivity index is 0.000000461. The van der Waals surface area contributed by atoms with Crippen LogP contribution in [0.1, 0.15) is 13.8 Å². The van der Waals surface area contributed by atoms with Gasteiger partial charge in [-0.15, -0.1) is 0 Å². The van der Waals surface area contributed by atoms with Crippen molar-refractivity contribution in [3.8, 4) is 0 Å². The van der Waals surface area contributed by atoms with Crippen molar-refractivity contribution >= 4 is 23.7 Å². The Hall–Kier alpha value is -1.28. The normalized spacial score (nSPS) is 9.07. The summed E-state index contributed by atoms with van der Waals surface area (Å²) in [5.74, 6) is 0. The van der Waals surface area contributed by atoms with Gasteiger partial charge in [0.25, 0.3) is 0 Å². The van der Waals surface area contributed by atoms with Gasteiger partial charge >= 0.3 is 7.48 Å². The molecule has 0 amide bonds. The molecule has 0 atom stereocenters. The van der Waals surface area contributed by atoms with E-state index in [1.54, 1.807) is 0 Å². The summed E-state index contributed by atoms with van der Waals surface area (Å²) >= 11 is 0. The molecule has 2 aromatic rings. The molecule has 2 rings (SSSR count). The number of fused-ring (bicyclic) bond motifs is 1. The molecule has 0 bridgehead atoms. The first kappa shape index (κ1) is 10.8. The average molecular weight is 185 g/mol. The number of hydrogen-bond acceptors (Lipinski definition) is 1. The molecule has 1 radical (unpaired) electrons. The summed E-state index contributed by atoms with van der Waals surface area (Å²) in [5.41, 5.74) is 0.841. The Morgan fingerprint density at radius 2 is 1.57 bits per heavy atom. The lowest BCUT2D eigenvalue weighted by Gasteiger charge is -1.98. The van der Waals surface area contributed by atoms with E-state index < -0.39 is 0 Å². The van der Waals surface area contributed by atoms with Gasteiger partial charge in [-0.25, -0.2) is 0 Å². The number of rotatable bonds is 1. The molecular formula is C12H14BO. The molecule has 2 aromatic carbocycles. The van der Waals surface area contributed by atoms with E-state index in [4.69, 9.17) is 5.02 Å². The minimum absolute atomic E-state index is 0.841. The van der Waals surface area contributed by atoms with Gasteiger partial charge in [0.05, 0.1) is 0 Å². The maximum absolute atomic E-state index is 8.77. The minimum atomic E-state index is 0.841. The third kappa shape index (κ3) is 2.36. The Morgan fingerprint density at radius 1 is 0.929 bits per heavy atom. The quantitative estimate of drug-likeness (QED) is 0.674. The van der Waals surface area contributed by atoms with E-state index in [2.05, 4.69) is 6.07 Å². The second-order valence-electron chi connectivity index (χ2n) is 2.74. The molecule has 0 spiro atoms. The molecule has 0 aliphatic carbocycles.